The van der Waals surface area contributed by atoms with Crippen molar-refractivity contribution in [1.82, 2.24) is 10.2 Å². The molecule has 4 aromatic rings. The van der Waals surface area contributed by atoms with Gasteiger partial charge in [0.05, 0.1) is 5.75 Å². The van der Waals surface area contributed by atoms with Crippen LogP contribution < -0.4 is 10.1 Å². The van der Waals surface area contributed by atoms with E-state index < -0.39 is 0 Å². The molecule has 0 saturated carbocycles. The maximum absolute atomic E-state index is 12.3. The highest BCUT2D eigenvalue weighted by molar-refractivity contribution is 7.99. The smallest absolute Gasteiger partial charge is 0.277 e. The first kappa shape index (κ1) is 18.8. The van der Waals surface area contributed by atoms with E-state index in [1.165, 1.54) is 11.8 Å². The molecule has 1 aromatic heterocycles. The van der Waals surface area contributed by atoms with Gasteiger partial charge >= 0.3 is 0 Å². The number of nitrogens with one attached hydrogen (secondary N) is 1. The number of amides is 1. The molecule has 1 heterocycles. The molecular weight excluding hydrogens is 386 g/mol. The van der Waals surface area contributed by atoms with Gasteiger partial charge in [-0.25, -0.2) is 0 Å². The number of para-hydroxylation sites is 1. The number of rotatable bonds is 7. The van der Waals surface area contributed by atoms with Crippen LogP contribution in [-0.4, -0.2) is 21.9 Å². The van der Waals surface area contributed by atoms with E-state index in [4.69, 9.17) is 9.15 Å². The van der Waals surface area contributed by atoms with Crippen molar-refractivity contribution in [3.8, 4) is 23.0 Å². The van der Waals surface area contributed by atoms with Crippen LogP contribution in [-0.2, 0) is 4.79 Å². The van der Waals surface area contributed by atoms with Gasteiger partial charge in [-0.15, -0.1) is 10.2 Å². The van der Waals surface area contributed by atoms with Crippen molar-refractivity contribution in [2.45, 2.75) is 5.22 Å². The average Bonchev–Trinajstić information content (AvgIpc) is 3.23. The molecule has 3 aromatic carbocycles. The van der Waals surface area contributed by atoms with Gasteiger partial charge in [0.15, 0.2) is 0 Å². The Morgan fingerprint density at radius 1 is 0.897 bits per heavy atom. The molecule has 0 aliphatic carbocycles. The van der Waals surface area contributed by atoms with Gasteiger partial charge in [0.2, 0.25) is 11.8 Å². The van der Waals surface area contributed by atoms with E-state index in [0.29, 0.717) is 22.6 Å². The van der Waals surface area contributed by atoms with Crippen molar-refractivity contribution in [2.24, 2.45) is 0 Å². The summed E-state index contributed by atoms with van der Waals surface area (Å²) >= 11 is 1.19. The Hall–Kier alpha value is -3.58. The molecule has 0 unspecified atom stereocenters. The zero-order valence-electron chi connectivity index (χ0n) is 15.3. The summed E-state index contributed by atoms with van der Waals surface area (Å²) in [6.07, 6.45) is 0. The summed E-state index contributed by atoms with van der Waals surface area (Å²) in [6, 6.07) is 26.2. The molecule has 7 heteroatoms. The number of ether oxygens (including phenoxy) is 1. The number of aromatic nitrogens is 2. The standard InChI is InChI=1S/C22H17N3O3S/c26-20(15-29-22-25-24-21(28-22)16-8-3-1-4-9-16)23-17-10-7-13-19(14-17)27-18-11-5-2-6-12-18/h1-14H,15H2,(H,23,26). The molecule has 0 atom stereocenters. The molecular formula is C22H17N3O3S. The number of carbonyl (C=O) groups is 1. The first-order valence-electron chi connectivity index (χ1n) is 8.91. The zero-order valence-corrected chi connectivity index (χ0v) is 16.1. The summed E-state index contributed by atoms with van der Waals surface area (Å²) < 4.78 is 11.4. The molecule has 0 fully saturated rings. The second kappa shape index (κ2) is 9.07. The molecule has 0 spiro atoms. The van der Waals surface area contributed by atoms with Crippen molar-refractivity contribution >= 4 is 23.4 Å². The largest absolute Gasteiger partial charge is 0.457 e. The molecule has 0 saturated heterocycles. The highest BCUT2D eigenvalue weighted by atomic mass is 32.2. The first-order chi connectivity index (χ1) is 14.3. The predicted octanol–water partition coefficient (Wildman–Crippen LogP) is 5.26. The summed E-state index contributed by atoms with van der Waals surface area (Å²) in [4.78, 5) is 12.3. The number of carbonyl (C=O) groups excluding carboxylic acids is 1. The fraction of sp³-hybridized carbons (Fsp3) is 0.0455. The number of hydrogen-bond donors (Lipinski definition) is 1. The van der Waals surface area contributed by atoms with E-state index in [1.54, 1.807) is 12.1 Å². The number of benzene rings is 3. The van der Waals surface area contributed by atoms with Gasteiger partial charge in [-0.1, -0.05) is 54.2 Å². The van der Waals surface area contributed by atoms with Gasteiger partial charge < -0.3 is 14.5 Å². The molecule has 1 amide bonds. The highest BCUT2D eigenvalue weighted by Gasteiger charge is 2.11. The van der Waals surface area contributed by atoms with Gasteiger partial charge in [0, 0.05) is 17.3 Å². The molecule has 0 aliphatic rings. The second-order valence-corrected chi connectivity index (χ2v) is 6.95. The third-order valence-electron chi connectivity index (χ3n) is 3.85. The lowest BCUT2D eigenvalue weighted by Crippen LogP contribution is -2.13. The lowest BCUT2D eigenvalue weighted by Gasteiger charge is -2.08. The Labute approximate surface area is 171 Å². The molecule has 4 rings (SSSR count). The normalized spacial score (nSPS) is 10.5. The third-order valence-corrected chi connectivity index (χ3v) is 4.67. The number of anilines is 1. The van der Waals surface area contributed by atoms with Crippen LogP contribution in [0.2, 0.25) is 0 Å². The molecule has 0 radical (unpaired) electrons. The van der Waals surface area contributed by atoms with Crippen molar-refractivity contribution in [1.29, 1.82) is 0 Å². The van der Waals surface area contributed by atoms with Gasteiger partial charge in [0.25, 0.3) is 5.22 Å². The fourth-order valence-corrected chi connectivity index (χ4v) is 3.11. The lowest BCUT2D eigenvalue weighted by atomic mass is 10.2. The Morgan fingerprint density at radius 2 is 1.62 bits per heavy atom. The van der Waals surface area contributed by atoms with Crippen molar-refractivity contribution in [2.75, 3.05) is 11.1 Å². The topological polar surface area (TPSA) is 77.2 Å². The van der Waals surface area contributed by atoms with Gasteiger partial charge in [-0.3, -0.25) is 4.79 Å². The van der Waals surface area contributed by atoms with Crippen molar-refractivity contribution < 1.29 is 13.9 Å². The monoisotopic (exact) mass is 403 g/mol. The average molecular weight is 403 g/mol. The maximum Gasteiger partial charge on any atom is 0.277 e. The summed E-state index contributed by atoms with van der Waals surface area (Å²) in [5, 5.41) is 11.2. The summed E-state index contributed by atoms with van der Waals surface area (Å²) in [5.74, 6) is 1.79. The van der Waals surface area contributed by atoms with Crippen molar-refractivity contribution in [3.63, 3.8) is 0 Å². The van der Waals surface area contributed by atoms with Crippen LogP contribution in [0.1, 0.15) is 0 Å². The van der Waals surface area contributed by atoms with E-state index in [1.807, 2.05) is 72.8 Å². The van der Waals surface area contributed by atoms with E-state index in [9.17, 15) is 4.79 Å². The van der Waals surface area contributed by atoms with Gasteiger partial charge in [0.1, 0.15) is 11.5 Å². The SMILES string of the molecule is O=C(CSc1nnc(-c2ccccc2)o1)Nc1cccc(Oc2ccccc2)c1. The molecule has 6 nitrogen and oxygen atoms in total. The van der Waals surface area contributed by atoms with E-state index in [0.717, 1.165) is 11.3 Å². The Kier molecular flexibility index (Phi) is 5.87. The van der Waals surface area contributed by atoms with E-state index in [-0.39, 0.29) is 11.7 Å². The minimum atomic E-state index is -0.175. The van der Waals surface area contributed by atoms with Crippen LogP contribution in [0.4, 0.5) is 5.69 Å². The minimum absolute atomic E-state index is 0.153. The van der Waals surface area contributed by atoms with Crippen LogP contribution in [0.3, 0.4) is 0 Å². The number of hydrogen-bond acceptors (Lipinski definition) is 6. The maximum atomic E-state index is 12.3. The number of nitrogens with zero attached hydrogens (tertiary/aromatic N) is 2. The fourth-order valence-electron chi connectivity index (χ4n) is 2.55. The molecule has 144 valence electrons. The highest BCUT2D eigenvalue weighted by Crippen LogP contribution is 2.25. The van der Waals surface area contributed by atoms with Gasteiger partial charge in [-0.2, -0.15) is 0 Å². The van der Waals surface area contributed by atoms with E-state index in [2.05, 4.69) is 15.5 Å². The summed E-state index contributed by atoms with van der Waals surface area (Å²) in [6.45, 7) is 0. The van der Waals surface area contributed by atoms with Crippen LogP contribution >= 0.6 is 11.8 Å². The first-order valence-corrected chi connectivity index (χ1v) is 9.89. The lowest BCUT2D eigenvalue weighted by molar-refractivity contribution is -0.113. The second-order valence-electron chi connectivity index (χ2n) is 6.02. The Balaban J connectivity index is 1.32. The zero-order chi connectivity index (χ0) is 19.9. The Morgan fingerprint density at radius 3 is 2.41 bits per heavy atom. The quantitative estimate of drug-likeness (QED) is 0.424. The summed E-state index contributed by atoms with van der Waals surface area (Å²) in [5.41, 5.74) is 1.49. The van der Waals surface area contributed by atoms with Crippen LogP contribution in [0.25, 0.3) is 11.5 Å². The van der Waals surface area contributed by atoms with Crippen molar-refractivity contribution in [3.05, 3.63) is 84.9 Å². The molecule has 29 heavy (non-hydrogen) atoms. The number of thioether (sulfide) groups is 1. The van der Waals surface area contributed by atoms with E-state index >= 15 is 0 Å². The third kappa shape index (κ3) is 5.24. The van der Waals surface area contributed by atoms with Crippen LogP contribution in [0.5, 0.6) is 11.5 Å². The van der Waals surface area contributed by atoms with Crippen LogP contribution in [0, 0.1) is 0 Å². The minimum Gasteiger partial charge on any atom is -0.457 e. The van der Waals surface area contributed by atoms with Crippen LogP contribution in [0.15, 0.2) is 94.6 Å². The molecule has 1 N–H and O–H groups in total. The Bertz CT molecular complexity index is 1080. The predicted molar refractivity (Wildman–Crippen MR) is 112 cm³/mol. The van der Waals surface area contributed by atoms with Gasteiger partial charge in [-0.05, 0) is 36.4 Å². The molecule has 0 bridgehead atoms. The molecule has 0 aliphatic heterocycles. The summed E-state index contributed by atoms with van der Waals surface area (Å²) in [7, 11) is 0.